The van der Waals surface area contributed by atoms with Crippen LogP contribution in [-0.2, 0) is 6.54 Å². The minimum Gasteiger partial charge on any atom is -0.493 e. The molecule has 0 atom stereocenters. The summed E-state index contributed by atoms with van der Waals surface area (Å²) < 4.78 is 24.4. The first-order valence-electron chi connectivity index (χ1n) is 9.11. The second-order valence-electron chi connectivity index (χ2n) is 6.19. The van der Waals surface area contributed by atoms with E-state index in [9.17, 15) is 4.79 Å². The molecule has 1 heterocycles. The van der Waals surface area contributed by atoms with E-state index in [2.05, 4.69) is 4.99 Å². The fraction of sp³-hybridized carbons (Fsp3) is 0.333. The molecule has 0 aliphatic heterocycles. The number of ether oxygens (including phenoxy) is 4. The molecule has 0 saturated carbocycles. The number of aromatic nitrogens is 1. The number of hydrogen-bond donors (Lipinski definition) is 0. The third-order valence-electron chi connectivity index (χ3n) is 4.53. The lowest BCUT2D eigenvalue weighted by Crippen LogP contribution is -2.18. The maximum Gasteiger partial charge on any atom is 0.279 e. The summed E-state index contributed by atoms with van der Waals surface area (Å²) in [6, 6.07) is 8.85. The number of nitrogens with zero attached hydrogens (tertiary/aromatic N) is 2. The Kier molecular flexibility index (Phi) is 7.28. The topological polar surface area (TPSA) is 71.3 Å². The molecule has 0 bridgehead atoms. The number of amides is 1. The molecule has 160 valence electrons. The Bertz CT molecular complexity index is 1120. The van der Waals surface area contributed by atoms with Crippen LogP contribution in [0.1, 0.15) is 10.4 Å². The maximum absolute atomic E-state index is 12.9. The van der Waals surface area contributed by atoms with E-state index in [-0.39, 0.29) is 5.91 Å². The normalized spacial score (nSPS) is 11.6. The van der Waals surface area contributed by atoms with Gasteiger partial charge in [0, 0.05) is 30.0 Å². The summed E-state index contributed by atoms with van der Waals surface area (Å²) in [5.74, 6) is 2.86. The van der Waals surface area contributed by atoms with Gasteiger partial charge in [0.25, 0.3) is 5.91 Å². The van der Waals surface area contributed by atoms with Gasteiger partial charge in [-0.2, -0.15) is 16.8 Å². The van der Waals surface area contributed by atoms with Crippen LogP contribution in [0.2, 0.25) is 0 Å². The summed E-state index contributed by atoms with van der Waals surface area (Å²) in [7, 11) is 6.30. The summed E-state index contributed by atoms with van der Waals surface area (Å²) in [6.45, 7) is 0.717. The quantitative estimate of drug-likeness (QED) is 0.521. The van der Waals surface area contributed by atoms with Crippen LogP contribution >= 0.6 is 23.1 Å². The SMILES string of the molecule is COc1ccc(C(=O)N=c2sc3cc(OC)c(OC)cc3n2CCSC)cc1OC. The molecule has 0 fully saturated rings. The van der Waals surface area contributed by atoms with E-state index in [1.165, 1.54) is 18.4 Å². The molecule has 0 N–H and O–H groups in total. The largest absolute Gasteiger partial charge is 0.493 e. The highest BCUT2D eigenvalue weighted by molar-refractivity contribution is 7.98. The standard InChI is InChI=1S/C21H24N2O5S2/c1-25-15-7-6-13(10-16(15)26-2)20(24)22-21-23(8-9-29-5)14-11-17(27-3)18(28-4)12-19(14)30-21/h6-7,10-12H,8-9H2,1-5H3. The van der Waals surface area contributed by atoms with Gasteiger partial charge in [0.2, 0.25) is 0 Å². The van der Waals surface area contributed by atoms with Crippen LogP contribution < -0.4 is 23.7 Å². The van der Waals surface area contributed by atoms with E-state index in [1.54, 1.807) is 51.3 Å². The van der Waals surface area contributed by atoms with E-state index in [4.69, 9.17) is 18.9 Å². The number of thioether (sulfide) groups is 1. The predicted molar refractivity (Wildman–Crippen MR) is 121 cm³/mol. The molecule has 30 heavy (non-hydrogen) atoms. The van der Waals surface area contributed by atoms with Gasteiger partial charge >= 0.3 is 0 Å². The van der Waals surface area contributed by atoms with Crippen molar-refractivity contribution in [3.63, 3.8) is 0 Å². The van der Waals surface area contributed by atoms with Crippen molar-refractivity contribution in [2.45, 2.75) is 6.54 Å². The molecule has 1 aromatic heterocycles. The third kappa shape index (κ3) is 4.41. The summed E-state index contributed by atoms with van der Waals surface area (Å²) in [5, 5.41) is 0. The van der Waals surface area contributed by atoms with Crippen molar-refractivity contribution in [2.75, 3.05) is 40.4 Å². The van der Waals surface area contributed by atoms with Crippen molar-refractivity contribution in [1.29, 1.82) is 0 Å². The molecule has 0 saturated heterocycles. The van der Waals surface area contributed by atoms with Gasteiger partial charge in [-0.05, 0) is 24.5 Å². The number of rotatable bonds is 8. The monoisotopic (exact) mass is 448 g/mol. The Balaban J connectivity index is 2.13. The smallest absolute Gasteiger partial charge is 0.279 e. The van der Waals surface area contributed by atoms with Crippen molar-refractivity contribution < 1.29 is 23.7 Å². The number of methoxy groups -OCH3 is 4. The molecule has 1 amide bonds. The van der Waals surface area contributed by atoms with E-state index in [0.29, 0.717) is 39.9 Å². The van der Waals surface area contributed by atoms with Crippen LogP contribution in [0.3, 0.4) is 0 Å². The molecular weight excluding hydrogens is 424 g/mol. The van der Waals surface area contributed by atoms with Gasteiger partial charge < -0.3 is 23.5 Å². The van der Waals surface area contributed by atoms with Gasteiger partial charge in [0.15, 0.2) is 27.8 Å². The Hall–Kier alpha value is -2.65. The van der Waals surface area contributed by atoms with Gasteiger partial charge in [-0.3, -0.25) is 4.79 Å². The van der Waals surface area contributed by atoms with Crippen LogP contribution in [0.5, 0.6) is 23.0 Å². The third-order valence-corrected chi connectivity index (χ3v) is 6.17. The van der Waals surface area contributed by atoms with Crippen LogP contribution in [0.15, 0.2) is 35.3 Å². The molecule has 0 aliphatic carbocycles. The Morgan fingerprint density at radius 2 is 1.60 bits per heavy atom. The van der Waals surface area contributed by atoms with Gasteiger partial charge in [-0.15, -0.1) is 0 Å². The highest BCUT2D eigenvalue weighted by Gasteiger charge is 2.15. The van der Waals surface area contributed by atoms with Crippen LogP contribution in [0.25, 0.3) is 10.2 Å². The van der Waals surface area contributed by atoms with Gasteiger partial charge in [-0.1, -0.05) is 11.3 Å². The van der Waals surface area contributed by atoms with Crippen molar-refractivity contribution in [2.24, 2.45) is 4.99 Å². The van der Waals surface area contributed by atoms with Crippen LogP contribution in [0, 0.1) is 0 Å². The highest BCUT2D eigenvalue weighted by Crippen LogP contribution is 2.33. The molecule has 7 nitrogen and oxygen atoms in total. The molecular formula is C21H24N2O5S2. The number of thiazole rings is 1. The molecule has 3 aromatic rings. The molecule has 0 radical (unpaired) electrons. The first-order chi connectivity index (χ1) is 14.6. The number of carbonyl (C=O) groups is 1. The number of fused-ring (bicyclic) bond motifs is 1. The molecule has 2 aromatic carbocycles. The lowest BCUT2D eigenvalue weighted by molar-refractivity contribution is 0.0997. The van der Waals surface area contributed by atoms with E-state index in [0.717, 1.165) is 16.0 Å². The average Bonchev–Trinajstić information content (AvgIpc) is 3.11. The molecule has 3 rings (SSSR count). The number of hydrogen-bond acceptors (Lipinski definition) is 7. The molecule has 0 unspecified atom stereocenters. The Morgan fingerprint density at radius 1 is 0.967 bits per heavy atom. The van der Waals surface area contributed by atoms with Crippen molar-refractivity contribution in [3.8, 4) is 23.0 Å². The van der Waals surface area contributed by atoms with Gasteiger partial charge in [-0.25, -0.2) is 0 Å². The van der Waals surface area contributed by atoms with E-state index < -0.39 is 0 Å². The minimum absolute atomic E-state index is 0.348. The molecule has 9 heteroatoms. The second-order valence-corrected chi connectivity index (χ2v) is 8.19. The van der Waals surface area contributed by atoms with E-state index in [1.807, 2.05) is 23.0 Å². The zero-order valence-corrected chi connectivity index (χ0v) is 19.2. The first-order valence-corrected chi connectivity index (χ1v) is 11.3. The van der Waals surface area contributed by atoms with Crippen molar-refractivity contribution in [1.82, 2.24) is 4.57 Å². The minimum atomic E-state index is -0.348. The average molecular weight is 449 g/mol. The van der Waals surface area contributed by atoms with Crippen molar-refractivity contribution in [3.05, 3.63) is 40.7 Å². The Labute approximate surface area is 183 Å². The summed E-state index contributed by atoms with van der Waals surface area (Å²) in [6.07, 6.45) is 2.05. The fourth-order valence-corrected chi connectivity index (χ4v) is 4.43. The lowest BCUT2D eigenvalue weighted by Gasteiger charge is -2.09. The number of benzene rings is 2. The zero-order valence-electron chi connectivity index (χ0n) is 17.6. The summed E-state index contributed by atoms with van der Waals surface area (Å²) in [5.41, 5.74) is 1.38. The fourth-order valence-electron chi connectivity index (χ4n) is 3.00. The number of aryl methyl sites for hydroxylation is 1. The maximum atomic E-state index is 12.9. The predicted octanol–water partition coefficient (Wildman–Crippen LogP) is 3.84. The lowest BCUT2D eigenvalue weighted by atomic mass is 10.2. The Morgan fingerprint density at radius 3 is 2.23 bits per heavy atom. The zero-order chi connectivity index (χ0) is 21.7. The molecule has 0 spiro atoms. The second kappa shape index (κ2) is 9.90. The van der Waals surface area contributed by atoms with E-state index >= 15 is 0 Å². The summed E-state index contributed by atoms with van der Waals surface area (Å²) in [4.78, 5) is 17.9. The van der Waals surface area contributed by atoms with Gasteiger partial charge in [0.05, 0.1) is 38.7 Å². The summed E-state index contributed by atoms with van der Waals surface area (Å²) >= 11 is 3.17. The van der Waals surface area contributed by atoms with Crippen LogP contribution in [-0.4, -0.2) is 50.9 Å². The highest BCUT2D eigenvalue weighted by atomic mass is 32.2. The van der Waals surface area contributed by atoms with Crippen LogP contribution in [0.4, 0.5) is 0 Å². The molecule has 0 aliphatic rings. The van der Waals surface area contributed by atoms with Gasteiger partial charge in [0.1, 0.15) is 0 Å². The number of carbonyl (C=O) groups excluding carboxylic acids is 1. The first kappa shape index (κ1) is 22.0. The van der Waals surface area contributed by atoms with Crippen molar-refractivity contribution >= 4 is 39.2 Å².